The molecule has 0 amide bonds. The second kappa shape index (κ2) is 4.45. The summed E-state index contributed by atoms with van der Waals surface area (Å²) in [5.74, 6) is 0.725. The SMILES string of the molecule is COc1c(Br)sc2c1S(=O)(=O)c1c-2sc(Br)c1OC. The molecule has 1 aliphatic heterocycles. The minimum absolute atomic E-state index is 0.235. The number of hydrogen-bond donors (Lipinski definition) is 0. The van der Waals surface area contributed by atoms with Crippen LogP contribution in [0.1, 0.15) is 0 Å². The zero-order chi connectivity index (χ0) is 13.9. The van der Waals surface area contributed by atoms with Crippen molar-refractivity contribution in [2.45, 2.75) is 9.79 Å². The molecule has 9 heteroatoms. The van der Waals surface area contributed by atoms with Crippen molar-refractivity contribution in [3.8, 4) is 21.3 Å². The quantitative estimate of drug-likeness (QED) is 0.594. The van der Waals surface area contributed by atoms with E-state index in [1.165, 1.54) is 36.9 Å². The van der Waals surface area contributed by atoms with Gasteiger partial charge in [0.05, 0.1) is 24.0 Å². The molecular formula is C10H6Br2O4S3. The number of methoxy groups -OCH3 is 2. The molecule has 19 heavy (non-hydrogen) atoms. The molecule has 2 aromatic rings. The Morgan fingerprint density at radius 2 is 1.26 bits per heavy atom. The zero-order valence-electron chi connectivity index (χ0n) is 9.61. The molecule has 3 rings (SSSR count). The van der Waals surface area contributed by atoms with Gasteiger partial charge in [-0.15, -0.1) is 22.7 Å². The summed E-state index contributed by atoms with van der Waals surface area (Å²) in [7, 11) is -0.677. The molecule has 0 spiro atoms. The van der Waals surface area contributed by atoms with E-state index >= 15 is 0 Å². The van der Waals surface area contributed by atoms with Crippen LogP contribution in [0.3, 0.4) is 0 Å². The van der Waals surface area contributed by atoms with E-state index in [0.717, 1.165) is 0 Å². The summed E-state index contributed by atoms with van der Waals surface area (Å²) in [6, 6.07) is 0. The second-order valence-corrected chi connectivity index (χ2v) is 10.1. The first-order chi connectivity index (χ1) is 8.93. The number of fused-ring (bicyclic) bond motifs is 3. The van der Waals surface area contributed by atoms with Gasteiger partial charge in [-0.05, 0) is 31.9 Å². The third-order valence-corrected chi connectivity index (χ3v) is 8.60. The molecule has 102 valence electrons. The van der Waals surface area contributed by atoms with Crippen LogP contribution in [0.5, 0.6) is 11.5 Å². The average Bonchev–Trinajstić information content (AvgIpc) is 2.91. The smallest absolute Gasteiger partial charge is 0.216 e. The van der Waals surface area contributed by atoms with Gasteiger partial charge in [0, 0.05) is 0 Å². The van der Waals surface area contributed by atoms with Gasteiger partial charge in [0.2, 0.25) is 9.84 Å². The molecule has 0 fully saturated rings. The molecule has 0 aliphatic carbocycles. The number of thiophene rings is 2. The Morgan fingerprint density at radius 3 is 1.58 bits per heavy atom. The topological polar surface area (TPSA) is 52.6 Å². The molecule has 2 aromatic heterocycles. The summed E-state index contributed by atoms with van der Waals surface area (Å²) in [5, 5.41) is 0. The highest BCUT2D eigenvalue weighted by molar-refractivity contribution is 9.11. The Hall–Kier alpha value is -0.0900. The van der Waals surface area contributed by atoms with E-state index in [4.69, 9.17) is 9.47 Å². The average molecular weight is 446 g/mol. The Bertz CT molecular complexity index is 728. The van der Waals surface area contributed by atoms with Crippen molar-refractivity contribution in [1.82, 2.24) is 0 Å². The largest absolute Gasteiger partial charge is 0.493 e. The number of rotatable bonds is 2. The molecule has 0 saturated carbocycles. The number of ether oxygens (including phenoxy) is 2. The van der Waals surface area contributed by atoms with Crippen LogP contribution in [0.25, 0.3) is 9.75 Å². The third kappa shape index (κ3) is 1.68. The summed E-state index contributed by atoms with van der Waals surface area (Å²) < 4.78 is 37.1. The minimum Gasteiger partial charge on any atom is -0.493 e. The zero-order valence-corrected chi connectivity index (χ0v) is 15.2. The van der Waals surface area contributed by atoms with Crippen molar-refractivity contribution in [3.05, 3.63) is 7.57 Å². The van der Waals surface area contributed by atoms with Crippen molar-refractivity contribution in [3.63, 3.8) is 0 Å². The Kier molecular flexibility index (Phi) is 3.25. The standard InChI is InChI=1S/C10H6Br2O4S3/c1-15-3-7-5(17-9(3)11)6-8(19(7,13)14)4(16-2)10(12)18-6/h1-2H3. The van der Waals surface area contributed by atoms with Gasteiger partial charge in [0.15, 0.2) is 11.5 Å². The highest BCUT2D eigenvalue weighted by Gasteiger charge is 2.44. The van der Waals surface area contributed by atoms with Crippen LogP contribution in [-0.2, 0) is 9.84 Å². The van der Waals surface area contributed by atoms with Gasteiger partial charge in [-0.25, -0.2) is 8.42 Å². The summed E-state index contributed by atoms with van der Waals surface area (Å²) in [4.78, 5) is 1.87. The first kappa shape index (κ1) is 13.9. The molecule has 4 nitrogen and oxygen atoms in total. The van der Waals surface area contributed by atoms with E-state index < -0.39 is 9.84 Å². The van der Waals surface area contributed by atoms with Gasteiger partial charge in [-0.3, -0.25) is 0 Å². The van der Waals surface area contributed by atoms with Gasteiger partial charge >= 0.3 is 0 Å². The van der Waals surface area contributed by atoms with Gasteiger partial charge in [-0.1, -0.05) is 0 Å². The lowest BCUT2D eigenvalue weighted by molar-refractivity contribution is 0.400. The van der Waals surface area contributed by atoms with Gasteiger partial charge in [0.1, 0.15) is 17.4 Å². The Balaban J connectivity index is 2.45. The summed E-state index contributed by atoms with van der Waals surface area (Å²) in [6.07, 6.45) is 0. The van der Waals surface area contributed by atoms with E-state index in [1.807, 2.05) is 0 Å². The van der Waals surface area contributed by atoms with Crippen LogP contribution in [-0.4, -0.2) is 22.6 Å². The van der Waals surface area contributed by atoms with Crippen LogP contribution in [0.2, 0.25) is 0 Å². The summed E-state index contributed by atoms with van der Waals surface area (Å²) in [5.41, 5.74) is 0. The molecule has 0 aromatic carbocycles. The van der Waals surface area contributed by atoms with Crippen molar-refractivity contribution < 1.29 is 17.9 Å². The van der Waals surface area contributed by atoms with E-state index in [9.17, 15) is 8.42 Å². The number of halogens is 2. The lowest BCUT2D eigenvalue weighted by Gasteiger charge is -2.04. The Labute approximate surface area is 134 Å². The first-order valence-corrected chi connectivity index (χ1v) is 9.61. The van der Waals surface area contributed by atoms with Crippen molar-refractivity contribution in [2.24, 2.45) is 0 Å². The van der Waals surface area contributed by atoms with Crippen molar-refractivity contribution >= 4 is 64.4 Å². The molecule has 0 atom stereocenters. The molecule has 0 radical (unpaired) electrons. The third-order valence-electron chi connectivity index (χ3n) is 2.72. The minimum atomic E-state index is -3.60. The monoisotopic (exact) mass is 444 g/mol. The van der Waals surface area contributed by atoms with Crippen LogP contribution in [0.15, 0.2) is 17.4 Å². The fourth-order valence-corrected chi connectivity index (χ4v) is 8.79. The van der Waals surface area contributed by atoms with Gasteiger partial charge < -0.3 is 9.47 Å². The van der Waals surface area contributed by atoms with E-state index in [2.05, 4.69) is 31.9 Å². The van der Waals surface area contributed by atoms with E-state index in [1.54, 1.807) is 0 Å². The fourth-order valence-electron chi connectivity index (χ4n) is 1.98. The van der Waals surface area contributed by atoms with Crippen molar-refractivity contribution in [1.29, 1.82) is 0 Å². The van der Waals surface area contributed by atoms with Crippen LogP contribution < -0.4 is 9.47 Å². The van der Waals surface area contributed by atoms with Crippen LogP contribution in [0.4, 0.5) is 0 Å². The van der Waals surface area contributed by atoms with Gasteiger partial charge in [0.25, 0.3) is 0 Å². The molecule has 3 heterocycles. The van der Waals surface area contributed by atoms with Crippen LogP contribution in [0, 0.1) is 0 Å². The van der Waals surface area contributed by atoms with Gasteiger partial charge in [-0.2, -0.15) is 0 Å². The number of sulfone groups is 1. The highest BCUT2D eigenvalue weighted by Crippen LogP contribution is 2.61. The molecule has 0 bridgehead atoms. The second-order valence-electron chi connectivity index (χ2n) is 3.64. The number of hydrogen-bond acceptors (Lipinski definition) is 6. The molecule has 0 N–H and O–H groups in total. The normalized spacial score (nSPS) is 15.2. The highest BCUT2D eigenvalue weighted by atomic mass is 79.9. The lowest BCUT2D eigenvalue weighted by atomic mass is 10.4. The fraction of sp³-hybridized carbons (Fsp3) is 0.200. The summed E-state index contributed by atoms with van der Waals surface area (Å²) in [6.45, 7) is 0. The molecule has 1 aliphatic rings. The maximum Gasteiger partial charge on any atom is 0.216 e. The predicted octanol–water partition coefficient (Wildman–Crippen LogP) is 4.17. The lowest BCUT2D eigenvalue weighted by Crippen LogP contribution is -2.00. The molecule has 0 unspecified atom stereocenters. The first-order valence-electron chi connectivity index (χ1n) is 4.91. The molecule has 0 saturated heterocycles. The van der Waals surface area contributed by atoms with E-state index in [0.29, 0.717) is 28.8 Å². The maximum atomic E-state index is 12.7. The molecular weight excluding hydrogens is 440 g/mol. The van der Waals surface area contributed by atoms with Crippen LogP contribution >= 0.6 is 54.5 Å². The van der Waals surface area contributed by atoms with Crippen molar-refractivity contribution in [2.75, 3.05) is 14.2 Å². The Morgan fingerprint density at radius 1 is 0.895 bits per heavy atom. The maximum absolute atomic E-state index is 12.7. The predicted molar refractivity (Wildman–Crippen MR) is 81.6 cm³/mol. The van der Waals surface area contributed by atoms with E-state index in [-0.39, 0.29) is 9.79 Å². The summed E-state index contributed by atoms with van der Waals surface area (Å²) >= 11 is 9.38.